The van der Waals surface area contributed by atoms with E-state index in [-0.39, 0.29) is 11.5 Å². The molecule has 8 heteroatoms. The third kappa shape index (κ3) is 5.23. The average Bonchev–Trinajstić information content (AvgIpc) is 2.85. The van der Waals surface area contributed by atoms with Gasteiger partial charge in [0.1, 0.15) is 5.75 Å². The fourth-order valence-electron chi connectivity index (χ4n) is 5.23. The predicted octanol–water partition coefficient (Wildman–Crippen LogP) is 4.00. The van der Waals surface area contributed by atoms with Crippen molar-refractivity contribution in [3.63, 3.8) is 0 Å². The standard InChI is InChI=1S/C27H27BrN4O3/c1-35-25-9-8-18(13-29-30-27(34)20-4-2-5-23(28)12-20)10-22(25)17-31-14-19-11-21(16-31)24-6-3-7-26(33)32(24)15-19/h2-10,12-13,19,21H,11,14-17H2,1H3,(H,30,34)/b29-13-/t19-,21-/m0/s1. The van der Waals surface area contributed by atoms with Crippen LogP contribution in [0.1, 0.15) is 39.5 Å². The van der Waals surface area contributed by atoms with E-state index in [4.69, 9.17) is 4.74 Å². The van der Waals surface area contributed by atoms with Crippen molar-refractivity contribution in [3.8, 4) is 5.75 Å². The Hall–Kier alpha value is -3.23. The van der Waals surface area contributed by atoms with Crippen molar-refractivity contribution >= 4 is 28.1 Å². The topological polar surface area (TPSA) is 75.9 Å². The first-order valence-electron chi connectivity index (χ1n) is 11.7. The fourth-order valence-corrected chi connectivity index (χ4v) is 5.63. The van der Waals surface area contributed by atoms with Gasteiger partial charge in [-0.05, 0) is 60.4 Å². The lowest BCUT2D eigenvalue weighted by Crippen LogP contribution is -2.46. The largest absolute Gasteiger partial charge is 0.496 e. The number of fused-ring (bicyclic) bond motifs is 4. The van der Waals surface area contributed by atoms with Crippen LogP contribution in [0.5, 0.6) is 5.75 Å². The first kappa shape index (κ1) is 23.5. The first-order valence-corrected chi connectivity index (χ1v) is 12.5. The number of nitrogens with zero attached hydrogens (tertiary/aromatic N) is 3. The van der Waals surface area contributed by atoms with Crippen molar-refractivity contribution in [2.45, 2.75) is 25.4 Å². The van der Waals surface area contributed by atoms with Crippen LogP contribution >= 0.6 is 15.9 Å². The van der Waals surface area contributed by atoms with Gasteiger partial charge in [0.25, 0.3) is 11.5 Å². The van der Waals surface area contributed by atoms with Gasteiger partial charge in [0.15, 0.2) is 0 Å². The summed E-state index contributed by atoms with van der Waals surface area (Å²) in [6, 6.07) is 18.7. The molecule has 2 atom stereocenters. The summed E-state index contributed by atoms with van der Waals surface area (Å²) in [4.78, 5) is 27.1. The van der Waals surface area contributed by atoms with E-state index < -0.39 is 0 Å². The molecule has 1 aromatic heterocycles. The minimum atomic E-state index is -0.268. The van der Waals surface area contributed by atoms with Crippen molar-refractivity contribution in [1.29, 1.82) is 0 Å². The monoisotopic (exact) mass is 534 g/mol. The number of amides is 1. The molecule has 0 unspecified atom stereocenters. The van der Waals surface area contributed by atoms with E-state index >= 15 is 0 Å². The predicted molar refractivity (Wildman–Crippen MR) is 139 cm³/mol. The molecule has 0 radical (unpaired) electrons. The Morgan fingerprint density at radius 3 is 2.83 bits per heavy atom. The number of carbonyl (C=O) groups excluding carboxylic acids is 1. The quantitative estimate of drug-likeness (QED) is 0.383. The fraction of sp³-hybridized carbons (Fsp3) is 0.296. The van der Waals surface area contributed by atoms with Gasteiger partial charge in [0.2, 0.25) is 0 Å². The third-order valence-corrected chi connectivity index (χ3v) is 7.21. The second-order valence-corrected chi connectivity index (χ2v) is 10.1. The van der Waals surface area contributed by atoms with Crippen LogP contribution in [-0.2, 0) is 13.1 Å². The van der Waals surface area contributed by atoms with E-state index in [9.17, 15) is 9.59 Å². The molecule has 35 heavy (non-hydrogen) atoms. The number of hydrogen-bond acceptors (Lipinski definition) is 5. The molecule has 0 saturated carbocycles. The summed E-state index contributed by atoms with van der Waals surface area (Å²) in [5.74, 6) is 1.38. The number of piperidine rings is 1. The summed E-state index contributed by atoms with van der Waals surface area (Å²) in [6.45, 7) is 3.38. The van der Waals surface area contributed by atoms with Gasteiger partial charge in [-0.3, -0.25) is 14.5 Å². The molecule has 1 fully saturated rings. The van der Waals surface area contributed by atoms with Gasteiger partial charge in [0, 0.05) is 59.5 Å². The molecule has 7 nitrogen and oxygen atoms in total. The number of carbonyl (C=O) groups is 1. The third-order valence-electron chi connectivity index (χ3n) is 6.72. The average molecular weight is 535 g/mol. The molecular weight excluding hydrogens is 508 g/mol. The van der Waals surface area contributed by atoms with Crippen molar-refractivity contribution in [2.24, 2.45) is 11.0 Å². The van der Waals surface area contributed by atoms with Crippen LogP contribution in [-0.4, -0.2) is 41.8 Å². The summed E-state index contributed by atoms with van der Waals surface area (Å²) in [6.07, 6.45) is 2.77. The lowest BCUT2D eigenvalue weighted by Gasteiger charge is -2.42. The van der Waals surface area contributed by atoms with E-state index in [1.54, 1.807) is 31.5 Å². The Morgan fingerprint density at radius 2 is 2.00 bits per heavy atom. The Morgan fingerprint density at radius 1 is 1.14 bits per heavy atom. The van der Waals surface area contributed by atoms with E-state index in [0.29, 0.717) is 17.4 Å². The lowest BCUT2D eigenvalue weighted by atomic mass is 9.83. The number of aromatic nitrogens is 1. The lowest BCUT2D eigenvalue weighted by molar-refractivity contribution is 0.0955. The Kier molecular flexibility index (Phi) is 6.83. The number of pyridine rings is 1. The number of halogens is 1. The molecule has 2 aromatic carbocycles. The maximum atomic E-state index is 12.3. The Labute approximate surface area is 212 Å². The molecule has 1 saturated heterocycles. The first-order chi connectivity index (χ1) is 17.0. The molecule has 1 amide bonds. The van der Waals surface area contributed by atoms with Crippen molar-refractivity contribution < 1.29 is 9.53 Å². The normalized spacial score (nSPS) is 19.4. The number of likely N-dealkylation sites (tertiary alicyclic amines) is 1. The maximum absolute atomic E-state index is 12.3. The summed E-state index contributed by atoms with van der Waals surface area (Å²) < 4.78 is 8.42. The zero-order chi connectivity index (χ0) is 24.4. The highest BCUT2D eigenvalue weighted by molar-refractivity contribution is 9.10. The molecule has 180 valence electrons. The number of rotatable bonds is 6. The van der Waals surface area contributed by atoms with E-state index in [1.807, 2.05) is 34.9 Å². The molecule has 2 aliphatic rings. The summed E-state index contributed by atoms with van der Waals surface area (Å²) in [5.41, 5.74) is 6.32. The Bertz CT molecular complexity index is 1340. The SMILES string of the molecule is COc1ccc(/C=N\NC(=O)c2cccc(Br)c2)cc1CN1C[C@@H]2C[C@@H](C1)c1cccc(=O)n1C2. The van der Waals surface area contributed by atoms with Crippen LogP contribution in [0.15, 0.2) is 75.0 Å². The summed E-state index contributed by atoms with van der Waals surface area (Å²) >= 11 is 3.37. The zero-order valence-electron chi connectivity index (χ0n) is 19.5. The molecule has 5 rings (SSSR count). The highest BCUT2D eigenvalue weighted by Gasteiger charge is 2.34. The molecule has 3 aromatic rings. The zero-order valence-corrected chi connectivity index (χ0v) is 21.1. The minimum Gasteiger partial charge on any atom is -0.496 e. The minimum absolute atomic E-state index is 0.103. The van der Waals surface area contributed by atoms with Gasteiger partial charge in [-0.15, -0.1) is 0 Å². The van der Waals surface area contributed by atoms with Gasteiger partial charge >= 0.3 is 0 Å². The molecule has 2 bridgehead atoms. The van der Waals surface area contributed by atoms with Crippen LogP contribution < -0.4 is 15.7 Å². The van der Waals surface area contributed by atoms with Crippen LogP contribution in [0.4, 0.5) is 0 Å². The van der Waals surface area contributed by atoms with E-state index in [1.165, 1.54) is 0 Å². The number of nitrogens with one attached hydrogen (secondary N) is 1. The highest BCUT2D eigenvalue weighted by atomic mass is 79.9. The van der Waals surface area contributed by atoms with Crippen LogP contribution in [0.2, 0.25) is 0 Å². The van der Waals surface area contributed by atoms with E-state index in [2.05, 4.69) is 43.5 Å². The molecule has 0 spiro atoms. The molecule has 3 heterocycles. The van der Waals surface area contributed by atoms with E-state index in [0.717, 1.165) is 59.6 Å². The summed E-state index contributed by atoms with van der Waals surface area (Å²) in [5, 5.41) is 4.14. The summed E-state index contributed by atoms with van der Waals surface area (Å²) in [7, 11) is 1.68. The smallest absolute Gasteiger partial charge is 0.271 e. The maximum Gasteiger partial charge on any atom is 0.271 e. The number of hydrogen-bond donors (Lipinski definition) is 1. The second kappa shape index (κ2) is 10.2. The van der Waals surface area contributed by atoms with Crippen molar-refractivity contribution in [2.75, 3.05) is 20.2 Å². The van der Waals surface area contributed by atoms with Gasteiger partial charge in [0.05, 0.1) is 13.3 Å². The number of methoxy groups -OCH3 is 1. The van der Waals surface area contributed by atoms with Crippen LogP contribution in [0.3, 0.4) is 0 Å². The van der Waals surface area contributed by atoms with Gasteiger partial charge in [-0.25, -0.2) is 5.43 Å². The molecular formula is C27H27BrN4O3. The second-order valence-electron chi connectivity index (χ2n) is 9.17. The number of benzene rings is 2. The van der Waals surface area contributed by atoms with Gasteiger partial charge in [-0.1, -0.05) is 28.1 Å². The Balaban J connectivity index is 1.28. The molecule has 1 N–H and O–H groups in total. The van der Waals surface area contributed by atoms with Crippen LogP contribution in [0.25, 0.3) is 0 Å². The van der Waals surface area contributed by atoms with Gasteiger partial charge in [-0.2, -0.15) is 5.10 Å². The highest BCUT2D eigenvalue weighted by Crippen LogP contribution is 2.36. The number of hydrazone groups is 1. The van der Waals surface area contributed by atoms with Crippen LogP contribution in [0, 0.1) is 5.92 Å². The van der Waals surface area contributed by atoms with Crippen molar-refractivity contribution in [1.82, 2.24) is 14.9 Å². The molecule has 0 aliphatic carbocycles. The van der Waals surface area contributed by atoms with Gasteiger partial charge < -0.3 is 9.30 Å². The molecule has 2 aliphatic heterocycles. The number of ether oxygens (including phenoxy) is 1. The van der Waals surface area contributed by atoms with Crippen molar-refractivity contribution in [3.05, 3.63) is 97.9 Å².